The van der Waals surface area contributed by atoms with E-state index < -0.39 is 0 Å². The van der Waals surface area contributed by atoms with Gasteiger partial charge in [0, 0.05) is 6.54 Å². The zero-order valence-electron chi connectivity index (χ0n) is 9.87. The molecule has 0 amide bonds. The summed E-state index contributed by atoms with van der Waals surface area (Å²) in [4.78, 5) is 11.5. The number of rotatable bonds is 5. The fraction of sp³-hybridized carbons (Fsp3) is 0.417. The van der Waals surface area contributed by atoms with Gasteiger partial charge in [0.15, 0.2) is 0 Å². The van der Waals surface area contributed by atoms with E-state index in [2.05, 4.69) is 5.32 Å². The van der Waals surface area contributed by atoms with Crippen LogP contribution in [0.2, 0.25) is 0 Å². The molecule has 1 rings (SSSR count). The van der Waals surface area contributed by atoms with Gasteiger partial charge in [0.2, 0.25) is 0 Å². The van der Waals surface area contributed by atoms with Crippen LogP contribution >= 0.6 is 0 Å². The smallest absolute Gasteiger partial charge is 0.338 e. The Kier molecular flexibility index (Phi) is 4.64. The molecule has 0 aliphatic carbocycles. The first-order valence-corrected chi connectivity index (χ1v) is 5.32. The molecule has 0 saturated heterocycles. The molecule has 4 heteroatoms. The molecule has 4 nitrogen and oxygen atoms in total. The quantitative estimate of drug-likeness (QED) is 0.778. The third-order valence-corrected chi connectivity index (χ3v) is 2.08. The van der Waals surface area contributed by atoms with Gasteiger partial charge in [0.05, 0.1) is 25.0 Å². The molecule has 1 aromatic carbocycles. The van der Waals surface area contributed by atoms with E-state index in [1.54, 1.807) is 32.2 Å². The van der Waals surface area contributed by atoms with Crippen LogP contribution < -0.4 is 10.1 Å². The van der Waals surface area contributed by atoms with E-state index in [9.17, 15) is 4.79 Å². The Bertz CT molecular complexity index is 363. The first kappa shape index (κ1) is 12.4. The topological polar surface area (TPSA) is 47.6 Å². The van der Waals surface area contributed by atoms with Gasteiger partial charge in [0.1, 0.15) is 5.75 Å². The highest BCUT2D eigenvalue weighted by Gasteiger charge is 2.10. The van der Waals surface area contributed by atoms with E-state index >= 15 is 0 Å². The van der Waals surface area contributed by atoms with Crippen LogP contribution in [0.15, 0.2) is 18.2 Å². The predicted octanol–water partition coefficient (Wildman–Crippen LogP) is 2.30. The Balaban J connectivity index is 2.96. The second-order valence-electron chi connectivity index (χ2n) is 3.17. The number of hydrogen-bond donors (Lipinski definition) is 1. The lowest BCUT2D eigenvalue weighted by Crippen LogP contribution is -2.06. The van der Waals surface area contributed by atoms with E-state index in [-0.39, 0.29) is 5.97 Å². The van der Waals surface area contributed by atoms with Crippen molar-refractivity contribution in [3.63, 3.8) is 0 Å². The second kappa shape index (κ2) is 6.00. The predicted molar refractivity (Wildman–Crippen MR) is 63.1 cm³/mol. The minimum atomic E-state index is -0.315. The standard InChI is InChI=1S/C12H17NO3/c1-4-13-10-8-9(12(14)16-5-2)6-7-11(10)15-3/h6-8,13H,4-5H2,1-3H3. The Morgan fingerprint density at radius 2 is 2.12 bits per heavy atom. The third kappa shape index (κ3) is 2.89. The van der Waals surface area contributed by atoms with E-state index in [0.29, 0.717) is 12.2 Å². The van der Waals surface area contributed by atoms with E-state index in [1.165, 1.54) is 0 Å². The van der Waals surface area contributed by atoms with Crippen molar-refractivity contribution in [3.8, 4) is 5.75 Å². The molecule has 0 heterocycles. The first-order valence-electron chi connectivity index (χ1n) is 5.32. The maximum absolute atomic E-state index is 11.5. The molecule has 16 heavy (non-hydrogen) atoms. The van der Waals surface area contributed by atoms with Crippen molar-refractivity contribution >= 4 is 11.7 Å². The molecule has 0 saturated carbocycles. The van der Waals surface area contributed by atoms with Gasteiger partial charge in [-0.25, -0.2) is 4.79 Å². The Morgan fingerprint density at radius 1 is 1.38 bits per heavy atom. The molecule has 0 spiro atoms. The van der Waals surface area contributed by atoms with Crippen LogP contribution in [-0.2, 0) is 4.74 Å². The summed E-state index contributed by atoms with van der Waals surface area (Å²) in [5, 5.41) is 3.13. The highest BCUT2D eigenvalue weighted by atomic mass is 16.5. The molecule has 0 bridgehead atoms. The number of hydrogen-bond acceptors (Lipinski definition) is 4. The largest absolute Gasteiger partial charge is 0.495 e. The van der Waals surface area contributed by atoms with Crippen molar-refractivity contribution in [1.29, 1.82) is 0 Å². The minimum absolute atomic E-state index is 0.315. The van der Waals surface area contributed by atoms with Crippen molar-refractivity contribution < 1.29 is 14.3 Å². The third-order valence-electron chi connectivity index (χ3n) is 2.08. The van der Waals surface area contributed by atoms with E-state index in [1.807, 2.05) is 6.92 Å². The highest BCUT2D eigenvalue weighted by Crippen LogP contribution is 2.25. The summed E-state index contributed by atoms with van der Waals surface area (Å²) in [5.41, 5.74) is 1.33. The second-order valence-corrected chi connectivity index (χ2v) is 3.17. The Labute approximate surface area is 95.6 Å². The first-order chi connectivity index (χ1) is 7.72. The van der Waals surface area contributed by atoms with Gasteiger partial charge >= 0.3 is 5.97 Å². The summed E-state index contributed by atoms with van der Waals surface area (Å²) in [5.74, 6) is 0.402. The summed E-state index contributed by atoms with van der Waals surface area (Å²) >= 11 is 0. The van der Waals surface area contributed by atoms with Gasteiger partial charge in [-0.05, 0) is 32.0 Å². The molecular formula is C12H17NO3. The fourth-order valence-corrected chi connectivity index (χ4v) is 1.38. The summed E-state index contributed by atoms with van der Waals surface area (Å²) in [6.07, 6.45) is 0. The molecule has 0 aliphatic rings. The minimum Gasteiger partial charge on any atom is -0.495 e. The maximum atomic E-state index is 11.5. The van der Waals surface area contributed by atoms with Crippen LogP contribution in [-0.4, -0.2) is 26.2 Å². The van der Waals surface area contributed by atoms with Crippen LogP contribution in [0.5, 0.6) is 5.75 Å². The molecule has 1 N–H and O–H groups in total. The summed E-state index contributed by atoms with van der Waals surface area (Å²) in [7, 11) is 1.60. The zero-order valence-corrected chi connectivity index (χ0v) is 9.87. The number of methoxy groups -OCH3 is 1. The fourth-order valence-electron chi connectivity index (χ4n) is 1.38. The molecule has 0 unspecified atom stereocenters. The Hall–Kier alpha value is -1.71. The summed E-state index contributed by atoms with van der Waals surface area (Å²) in [6.45, 7) is 4.91. The van der Waals surface area contributed by atoms with Crippen LogP contribution in [0.4, 0.5) is 5.69 Å². The molecule has 0 aromatic heterocycles. The van der Waals surface area contributed by atoms with E-state index in [4.69, 9.17) is 9.47 Å². The maximum Gasteiger partial charge on any atom is 0.338 e. The number of anilines is 1. The summed E-state index contributed by atoms with van der Waals surface area (Å²) < 4.78 is 10.1. The lowest BCUT2D eigenvalue weighted by atomic mass is 10.2. The summed E-state index contributed by atoms with van der Waals surface area (Å²) in [6, 6.07) is 5.18. The van der Waals surface area contributed by atoms with Crippen LogP contribution in [0.3, 0.4) is 0 Å². The molecule has 0 radical (unpaired) electrons. The van der Waals surface area contributed by atoms with Crippen molar-refractivity contribution in [2.24, 2.45) is 0 Å². The van der Waals surface area contributed by atoms with Crippen LogP contribution in [0.1, 0.15) is 24.2 Å². The van der Waals surface area contributed by atoms with Crippen molar-refractivity contribution in [2.45, 2.75) is 13.8 Å². The average molecular weight is 223 g/mol. The molecular weight excluding hydrogens is 206 g/mol. The lowest BCUT2D eigenvalue weighted by molar-refractivity contribution is 0.0526. The van der Waals surface area contributed by atoms with Crippen LogP contribution in [0.25, 0.3) is 0 Å². The van der Waals surface area contributed by atoms with Gasteiger partial charge in [-0.1, -0.05) is 0 Å². The number of ether oxygens (including phenoxy) is 2. The van der Waals surface area contributed by atoms with Gasteiger partial charge in [0.25, 0.3) is 0 Å². The van der Waals surface area contributed by atoms with Crippen LogP contribution in [0, 0.1) is 0 Å². The van der Waals surface area contributed by atoms with Gasteiger partial charge in [-0.2, -0.15) is 0 Å². The van der Waals surface area contributed by atoms with Gasteiger partial charge in [-0.15, -0.1) is 0 Å². The van der Waals surface area contributed by atoms with Gasteiger partial charge in [-0.3, -0.25) is 0 Å². The number of benzene rings is 1. The number of esters is 1. The molecule has 0 aliphatic heterocycles. The lowest BCUT2D eigenvalue weighted by Gasteiger charge is -2.11. The molecule has 1 aromatic rings. The SMILES string of the molecule is CCNc1cc(C(=O)OCC)ccc1OC. The number of nitrogens with one attached hydrogen (secondary N) is 1. The average Bonchev–Trinajstić information content (AvgIpc) is 2.29. The Morgan fingerprint density at radius 3 is 2.69 bits per heavy atom. The highest BCUT2D eigenvalue weighted by molar-refractivity contribution is 5.91. The monoisotopic (exact) mass is 223 g/mol. The van der Waals surface area contributed by atoms with Crippen molar-refractivity contribution in [2.75, 3.05) is 25.6 Å². The molecule has 0 atom stereocenters. The van der Waals surface area contributed by atoms with E-state index in [0.717, 1.165) is 18.0 Å². The van der Waals surface area contributed by atoms with Gasteiger partial charge < -0.3 is 14.8 Å². The van der Waals surface area contributed by atoms with Crippen molar-refractivity contribution in [1.82, 2.24) is 0 Å². The number of carbonyl (C=O) groups is 1. The normalized spacial score (nSPS) is 9.69. The number of carbonyl (C=O) groups excluding carboxylic acids is 1. The van der Waals surface area contributed by atoms with Crippen molar-refractivity contribution in [3.05, 3.63) is 23.8 Å². The zero-order chi connectivity index (χ0) is 12.0. The molecule has 0 fully saturated rings. The molecule has 88 valence electrons.